The molecule has 0 saturated heterocycles. The fraction of sp³-hybridized carbons (Fsp3) is 0.233. The van der Waals surface area contributed by atoms with Crippen molar-refractivity contribution in [2.24, 2.45) is 5.92 Å². The zero-order valence-corrected chi connectivity index (χ0v) is 33.3. The number of hydrogen-bond acceptors (Lipinski definition) is 4. The molecule has 0 N–H and O–H groups in total. The number of hydrogen-bond donors (Lipinski definition) is 0. The van der Waals surface area contributed by atoms with Crippen LogP contribution in [-0.4, -0.2) is 23.0 Å². The molecule has 4 nitrogen and oxygen atoms in total. The van der Waals surface area contributed by atoms with E-state index in [0.717, 1.165) is 50.7 Å². The maximum absolute atomic E-state index is 14.8. The first-order chi connectivity index (χ1) is 23.4. The molecule has 4 aromatic heterocycles. The molecule has 7 rings (SSSR count). The van der Waals surface area contributed by atoms with Gasteiger partial charge in [0.25, 0.3) is 0 Å². The van der Waals surface area contributed by atoms with Gasteiger partial charge < -0.3 is 14.4 Å². The van der Waals surface area contributed by atoms with Crippen LogP contribution >= 0.6 is 0 Å². The summed E-state index contributed by atoms with van der Waals surface area (Å²) in [5, 5.41) is 3.37. The molecule has 0 unspecified atom stereocenters. The summed E-state index contributed by atoms with van der Waals surface area (Å²) in [7, 11) is -1.34. The molecule has 0 atom stereocenters. The minimum absolute atomic E-state index is 0. The van der Waals surface area contributed by atoms with Crippen molar-refractivity contribution in [3.63, 3.8) is 0 Å². The number of furan rings is 1. The van der Waals surface area contributed by atoms with E-state index in [0.29, 0.717) is 34.0 Å². The van der Waals surface area contributed by atoms with Crippen molar-refractivity contribution in [3.05, 3.63) is 132 Å². The van der Waals surface area contributed by atoms with Crippen LogP contribution in [-0.2, 0) is 26.5 Å². The zero-order chi connectivity index (χ0) is 34.9. The normalized spacial score (nSPS) is 11.4. The molecule has 0 fully saturated rings. The molecule has 3 aromatic carbocycles. The van der Waals surface area contributed by atoms with Gasteiger partial charge in [0, 0.05) is 43.4 Å². The van der Waals surface area contributed by atoms with Gasteiger partial charge in [0.2, 0.25) is 5.71 Å². The van der Waals surface area contributed by atoms with Crippen LogP contribution in [0.2, 0.25) is 19.6 Å². The Morgan fingerprint density at radius 1 is 0.800 bits per heavy atom. The second-order valence-electron chi connectivity index (χ2n) is 14.2. The van der Waals surface area contributed by atoms with E-state index in [1.54, 1.807) is 12.3 Å². The van der Waals surface area contributed by atoms with Crippen LogP contribution in [0, 0.1) is 44.6 Å². The topological polar surface area (TPSA) is 51.8 Å². The van der Waals surface area contributed by atoms with Gasteiger partial charge in [-0.15, -0.1) is 54.1 Å². The summed E-state index contributed by atoms with van der Waals surface area (Å²) < 4.78 is 20.8. The summed E-state index contributed by atoms with van der Waals surface area (Å²) in [5.74, 6) is 0.322. The van der Waals surface area contributed by atoms with Crippen LogP contribution in [0.25, 0.3) is 55.7 Å². The average molecular weight is 856 g/mol. The SMILES string of the molecule is CC(C)Cc1cc(-c2[c-]cccc2)ncc1[Si](C)(C)C.Cc1cc(C)c(-c2cc(-c3[c-]ccc4c3oc3ncccc34)ncc2F)c(C)c1.[Ir]. The molecule has 0 aliphatic heterocycles. The van der Waals surface area contributed by atoms with Gasteiger partial charge in [-0.25, -0.2) is 9.37 Å². The van der Waals surface area contributed by atoms with Gasteiger partial charge in [0.1, 0.15) is 5.82 Å². The number of aromatic nitrogens is 3. The van der Waals surface area contributed by atoms with E-state index in [2.05, 4.69) is 91.0 Å². The molecule has 0 spiro atoms. The number of rotatable bonds is 6. The Labute approximate surface area is 309 Å². The Balaban J connectivity index is 0.000000204. The van der Waals surface area contributed by atoms with Crippen molar-refractivity contribution < 1.29 is 28.9 Å². The number of fused-ring (bicyclic) bond motifs is 3. The standard InChI is InChI=1S/C25H18FN2O.C18H24NSi.Ir/c1-14-10-15(2)23(16(3)11-14)20-12-22(28-13-21(20)26)19-7-4-6-17-18-8-5-9-27-25(18)29-24(17)19;1-14(2)11-16-12-17(15-9-7-6-8-10-15)19-13-18(16)20(3,4)5;/h4-6,8-13H,1-3H3;6-9,12-14H,11H2,1-5H3;/q2*-1;. The third-order valence-corrected chi connectivity index (χ3v) is 10.7. The van der Waals surface area contributed by atoms with Crippen molar-refractivity contribution in [1.29, 1.82) is 0 Å². The van der Waals surface area contributed by atoms with Crippen LogP contribution in [0.1, 0.15) is 36.1 Å². The van der Waals surface area contributed by atoms with E-state index in [9.17, 15) is 4.39 Å². The summed E-state index contributed by atoms with van der Waals surface area (Å²) >= 11 is 0. The van der Waals surface area contributed by atoms with E-state index in [-0.39, 0.29) is 25.9 Å². The zero-order valence-electron chi connectivity index (χ0n) is 29.9. The van der Waals surface area contributed by atoms with Crippen molar-refractivity contribution >= 4 is 35.3 Å². The summed E-state index contributed by atoms with van der Waals surface area (Å²) in [6.07, 6.45) is 6.21. The fourth-order valence-electron chi connectivity index (χ4n) is 6.62. The van der Waals surface area contributed by atoms with Crippen molar-refractivity contribution in [3.8, 4) is 33.6 Å². The first kappa shape index (κ1) is 37.0. The monoisotopic (exact) mass is 856 g/mol. The molecule has 0 saturated carbocycles. The first-order valence-electron chi connectivity index (χ1n) is 16.8. The number of nitrogens with zero attached hydrogens (tertiary/aromatic N) is 3. The summed E-state index contributed by atoms with van der Waals surface area (Å²) in [4.78, 5) is 13.3. The van der Waals surface area contributed by atoms with Gasteiger partial charge in [-0.2, -0.15) is 0 Å². The molecular weight excluding hydrogens is 814 g/mol. The largest absolute Gasteiger partial charge is 0.486 e. The third-order valence-electron chi connectivity index (χ3n) is 8.68. The van der Waals surface area contributed by atoms with Gasteiger partial charge >= 0.3 is 0 Å². The summed E-state index contributed by atoms with van der Waals surface area (Å²) in [6, 6.07) is 30.4. The molecule has 1 radical (unpaired) electrons. The first-order valence-corrected chi connectivity index (χ1v) is 20.3. The number of halogens is 1. The van der Waals surface area contributed by atoms with Crippen LogP contribution in [0.15, 0.2) is 95.8 Å². The molecule has 257 valence electrons. The summed E-state index contributed by atoms with van der Waals surface area (Å²) in [5.41, 5.74) is 10.8. The van der Waals surface area contributed by atoms with Gasteiger partial charge in [-0.3, -0.25) is 0 Å². The average Bonchev–Trinajstić information content (AvgIpc) is 3.44. The van der Waals surface area contributed by atoms with E-state index in [1.807, 2.05) is 63.2 Å². The van der Waals surface area contributed by atoms with E-state index in [1.165, 1.54) is 16.9 Å². The van der Waals surface area contributed by atoms with Crippen LogP contribution in [0.3, 0.4) is 0 Å². The molecule has 0 aliphatic rings. The molecule has 7 heteroatoms. The van der Waals surface area contributed by atoms with Crippen LogP contribution in [0.5, 0.6) is 0 Å². The minimum atomic E-state index is -1.34. The predicted molar refractivity (Wildman–Crippen MR) is 203 cm³/mol. The van der Waals surface area contributed by atoms with Crippen LogP contribution in [0.4, 0.5) is 4.39 Å². The molecule has 0 bridgehead atoms. The van der Waals surface area contributed by atoms with Crippen molar-refractivity contribution in [1.82, 2.24) is 15.0 Å². The maximum Gasteiger partial charge on any atom is 0.216 e. The van der Waals surface area contributed by atoms with Gasteiger partial charge in [0.05, 0.1) is 19.9 Å². The quantitative estimate of drug-likeness (QED) is 0.124. The Hall–Kier alpha value is -4.29. The van der Waals surface area contributed by atoms with Gasteiger partial charge in [-0.1, -0.05) is 79.8 Å². The third kappa shape index (κ3) is 7.86. The number of pyridine rings is 3. The molecule has 0 amide bonds. The predicted octanol–water partition coefficient (Wildman–Crippen LogP) is 10.9. The van der Waals surface area contributed by atoms with Crippen molar-refractivity contribution in [2.45, 2.75) is 60.7 Å². The molecular formula is C43H42FIrN3OSi-2. The molecule has 7 aromatic rings. The second kappa shape index (κ2) is 15.3. The van der Waals surface area contributed by atoms with E-state index in [4.69, 9.17) is 4.42 Å². The van der Waals surface area contributed by atoms with Gasteiger partial charge in [0.15, 0.2) is 0 Å². The molecule has 4 heterocycles. The fourth-order valence-corrected chi connectivity index (χ4v) is 8.21. The van der Waals surface area contributed by atoms with E-state index < -0.39 is 8.07 Å². The van der Waals surface area contributed by atoms with Crippen LogP contribution < -0.4 is 5.19 Å². The molecule has 0 aliphatic carbocycles. The van der Waals surface area contributed by atoms with Gasteiger partial charge in [-0.05, 0) is 78.5 Å². The Morgan fingerprint density at radius 3 is 2.22 bits per heavy atom. The Morgan fingerprint density at radius 2 is 1.54 bits per heavy atom. The minimum Gasteiger partial charge on any atom is -0.486 e. The number of aryl methyl sites for hydroxylation is 3. The molecule has 50 heavy (non-hydrogen) atoms. The van der Waals surface area contributed by atoms with E-state index >= 15 is 0 Å². The summed E-state index contributed by atoms with van der Waals surface area (Å²) in [6.45, 7) is 17.8. The Kier molecular flexibility index (Phi) is 11.3. The maximum atomic E-state index is 14.8. The number of benzene rings is 3. The van der Waals surface area contributed by atoms with Crippen molar-refractivity contribution in [2.75, 3.05) is 0 Å². The Bertz CT molecular complexity index is 2250. The second-order valence-corrected chi connectivity index (χ2v) is 19.3. The smallest absolute Gasteiger partial charge is 0.216 e.